The van der Waals surface area contributed by atoms with E-state index in [0.29, 0.717) is 17.9 Å². The van der Waals surface area contributed by atoms with Crippen LogP contribution in [-0.2, 0) is 6.42 Å². The van der Waals surface area contributed by atoms with Crippen LogP contribution in [0.15, 0.2) is 24.5 Å². The van der Waals surface area contributed by atoms with Crippen LogP contribution in [0.3, 0.4) is 0 Å². The van der Waals surface area contributed by atoms with Crippen LogP contribution in [-0.4, -0.2) is 23.2 Å². The topological polar surface area (TPSA) is 47.1 Å². The monoisotopic (exact) mass is 302 g/mol. The van der Waals surface area contributed by atoms with Crippen molar-refractivity contribution in [3.63, 3.8) is 0 Å². The number of benzene rings is 1. The van der Waals surface area contributed by atoms with Gasteiger partial charge in [-0.15, -0.1) is 0 Å². The average Bonchev–Trinajstić information content (AvgIpc) is 2.74. The highest BCUT2D eigenvalue weighted by molar-refractivity contribution is 7.71. The third-order valence-corrected chi connectivity index (χ3v) is 3.84. The second kappa shape index (κ2) is 6.26. The first-order valence-corrected chi connectivity index (χ1v) is 7.67. The number of nitrogens with one attached hydrogen (secondary N) is 1. The van der Waals surface area contributed by atoms with Crippen molar-refractivity contribution in [3.05, 3.63) is 34.7 Å². The number of aromatic nitrogens is 2. The van der Waals surface area contributed by atoms with Crippen LogP contribution in [0.2, 0.25) is 0 Å². The third-order valence-electron chi connectivity index (χ3n) is 3.49. The molecule has 1 N–H and O–H groups in total. The molecular weight excluding hydrogens is 284 g/mol. The van der Waals surface area contributed by atoms with Crippen molar-refractivity contribution >= 4 is 12.2 Å². The largest absolute Gasteiger partial charge is 0.490 e. The molecule has 1 aliphatic rings. The Kier molecular flexibility index (Phi) is 4.20. The summed E-state index contributed by atoms with van der Waals surface area (Å²) in [5.74, 6) is 1.60. The molecule has 1 aromatic carbocycles. The molecular formula is C16H18N2O2S. The van der Waals surface area contributed by atoms with Gasteiger partial charge in [0.25, 0.3) is 0 Å². The number of rotatable bonds is 3. The summed E-state index contributed by atoms with van der Waals surface area (Å²) in [6, 6.07) is 6.01. The lowest BCUT2D eigenvalue weighted by Crippen LogP contribution is -1.98. The molecule has 0 saturated carbocycles. The van der Waals surface area contributed by atoms with Gasteiger partial charge in [0.15, 0.2) is 11.5 Å². The van der Waals surface area contributed by atoms with Crippen LogP contribution in [0.5, 0.6) is 11.5 Å². The summed E-state index contributed by atoms with van der Waals surface area (Å²) in [4.78, 5) is 7.42. The van der Waals surface area contributed by atoms with Gasteiger partial charge in [-0.05, 0) is 24.6 Å². The lowest BCUT2D eigenvalue weighted by Gasteiger charge is -2.12. The minimum atomic E-state index is 0.665. The molecule has 2 aromatic rings. The van der Waals surface area contributed by atoms with E-state index < -0.39 is 0 Å². The van der Waals surface area contributed by atoms with E-state index in [0.717, 1.165) is 47.6 Å². The lowest BCUT2D eigenvalue weighted by atomic mass is 10.0. The van der Waals surface area contributed by atoms with Crippen LogP contribution in [0.25, 0.3) is 11.3 Å². The molecule has 0 unspecified atom stereocenters. The van der Waals surface area contributed by atoms with Crippen molar-refractivity contribution in [2.45, 2.75) is 26.2 Å². The van der Waals surface area contributed by atoms with Gasteiger partial charge in [-0.2, -0.15) is 0 Å². The Balaban J connectivity index is 2.07. The smallest absolute Gasteiger partial charge is 0.161 e. The fourth-order valence-corrected chi connectivity index (χ4v) is 2.74. The van der Waals surface area contributed by atoms with Gasteiger partial charge in [0.05, 0.1) is 25.2 Å². The van der Waals surface area contributed by atoms with Crippen LogP contribution in [0, 0.1) is 4.64 Å². The third kappa shape index (κ3) is 2.93. The van der Waals surface area contributed by atoms with Crippen LogP contribution in [0.1, 0.15) is 25.3 Å². The first-order chi connectivity index (χ1) is 10.3. The maximum absolute atomic E-state index is 5.76. The van der Waals surface area contributed by atoms with Gasteiger partial charge in [-0.25, -0.2) is 4.98 Å². The Morgan fingerprint density at radius 1 is 1.24 bits per heavy atom. The van der Waals surface area contributed by atoms with Gasteiger partial charge in [-0.1, -0.05) is 25.6 Å². The molecule has 2 heterocycles. The van der Waals surface area contributed by atoms with Crippen molar-refractivity contribution in [2.75, 3.05) is 13.2 Å². The van der Waals surface area contributed by atoms with Gasteiger partial charge in [0, 0.05) is 17.5 Å². The van der Waals surface area contributed by atoms with Crippen molar-refractivity contribution in [1.82, 2.24) is 9.97 Å². The summed E-state index contributed by atoms with van der Waals surface area (Å²) >= 11 is 5.36. The number of nitrogens with zero attached hydrogens (tertiary/aromatic N) is 1. The molecule has 4 nitrogen and oxygen atoms in total. The predicted octanol–water partition coefficient (Wildman–Crippen LogP) is 3.92. The second-order valence-electron chi connectivity index (χ2n) is 5.02. The Bertz CT molecular complexity index is 697. The van der Waals surface area contributed by atoms with Crippen molar-refractivity contribution in [1.29, 1.82) is 0 Å². The van der Waals surface area contributed by atoms with E-state index in [1.807, 2.05) is 18.2 Å². The molecule has 1 aliphatic heterocycles. The molecule has 3 rings (SSSR count). The zero-order chi connectivity index (χ0) is 14.7. The zero-order valence-corrected chi connectivity index (χ0v) is 12.8. The van der Waals surface area contributed by atoms with Crippen molar-refractivity contribution in [3.8, 4) is 22.8 Å². The molecule has 0 atom stereocenters. The summed E-state index contributed by atoms with van der Waals surface area (Å²) in [6.07, 6.45) is 4.50. The van der Waals surface area contributed by atoms with Gasteiger partial charge < -0.3 is 14.5 Å². The summed E-state index contributed by atoms with van der Waals surface area (Å²) in [6.45, 7) is 3.52. The number of ether oxygens (including phenoxy) is 2. The molecule has 0 saturated heterocycles. The predicted molar refractivity (Wildman–Crippen MR) is 84.5 cm³/mol. The summed E-state index contributed by atoms with van der Waals surface area (Å²) < 4.78 is 12.1. The van der Waals surface area contributed by atoms with E-state index in [-0.39, 0.29) is 0 Å². The Morgan fingerprint density at radius 3 is 2.86 bits per heavy atom. The van der Waals surface area contributed by atoms with E-state index in [2.05, 4.69) is 16.9 Å². The Morgan fingerprint density at radius 2 is 2.05 bits per heavy atom. The van der Waals surface area contributed by atoms with E-state index >= 15 is 0 Å². The minimum Gasteiger partial charge on any atom is -0.490 e. The van der Waals surface area contributed by atoms with Gasteiger partial charge in [0.1, 0.15) is 4.64 Å². The van der Waals surface area contributed by atoms with Crippen molar-refractivity contribution < 1.29 is 9.47 Å². The van der Waals surface area contributed by atoms with E-state index in [1.165, 1.54) is 0 Å². The quantitative estimate of drug-likeness (QED) is 0.873. The van der Waals surface area contributed by atoms with Gasteiger partial charge in [-0.3, -0.25) is 0 Å². The zero-order valence-electron chi connectivity index (χ0n) is 12.0. The maximum atomic E-state index is 5.76. The van der Waals surface area contributed by atoms with Crippen LogP contribution in [0.4, 0.5) is 0 Å². The highest BCUT2D eigenvalue weighted by Gasteiger charge is 2.14. The number of aromatic amines is 1. The molecule has 0 spiro atoms. The standard InChI is InChI=1S/C16H18N2O2S/c1-2-4-12-15(17-10-18-16(12)21)11-5-6-13-14(9-11)20-8-3-7-19-13/h5-6,9-10H,2-4,7-8H2,1H3,(H,17,18,21). The molecule has 1 aromatic heterocycles. The first-order valence-electron chi connectivity index (χ1n) is 7.26. The van der Waals surface area contributed by atoms with Crippen molar-refractivity contribution in [2.24, 2.45) is 0 Å². The SMILES string of the molecule is CCCc1c(-c2ccc3c(c2)OCCCO3)[nH]cnc1=S. The van der Waals surface area contributed by atoms with E-state index in [4.69, 9.17) is 21.7 Å². The van der Waals surface area contributed by atoms with E-state index in [9.17, 15) is 0 Å². The molecule has 5 heteroatoms. The van der Waals surface area contributed by atoms with Crippen LogP contribution < -0.4 is 9.47 Å². The number of hydrogen-bond acceptors (Lipinski definition) is 4. The Labute approximate surface area is 129 Å². The number of fused-ring (bicyclic) bond motifs is 1. The molecule has 0 bridgehead atoms. The van der Waals surface area contributed by atoms with Gasteiger partial charge >= 0.3 is 0 Å². The molecule has 110 valence electrons. The van der Waals surface area contributed by atoms with Gasteiger partial charge in [0.2, 0.25) is 0 Å². The molecule has 21 heavy (non-hydrogen) atoms. The number of hydrogen-bond donors (Lipinski definition) is 1. The summed E-state index contributed by atoms with van der Waals surface area (Å²) in [5, 5.41) is 0. The summed E-state index contributed by atoms with van der Waals surface area (Å²) in [5.41, 5.74) is 3.16. The second-order valence-corrected chi connectivity index (χ2v) is 5.41. The maximum Gasteiger partial charge on any atom is 0.161 e. The summed E-state index contributed by atoms with van der Waals surface area (Å²) in [7, 11) is 0. The van der Waals surface area contributed by atoms with Crippen LogP contribution >= 0.6 is 12.2 Å². The highest BCUT2D eigenvalue weighted by Crippen LogP contribution is 2.34. The molecule has 0 aliphatic carbocycles. The fourth-order valence-electron chi connectivity index (χ4n) is 2.49. The normalized spacial score (nSPS) is 13.8. The molecule has 0 amide bonds. The fraction of sp³-hybridized carbons (Fsp3) is 0.375. The minimum absolute atomic E-state index is 0.665. The van der Waals surface area contributed by atoms with E-state index in [1.54, 1.807) is 6.33 Å². The molecule has 0 radical (unpaired) electrons. The highest BCUT2D eigenvalue weighted by atomic mass is 32.1. The first kappa shape index (κ1) is 14.1. The number of H-pyrrole nitrogens is 1. The molecule has 0 fully saturated rings. The lowest BCUT2D eigenvalue weighted by molar-refractivity contribution is 0.297. The Hall–Kier alpha value is -1.88. The average molecular weight is 302 g/mol.